The topological polar surface area (TPSA) is 73.0 Å². The van der Waals surface area contributed by atoms with Crippen LogP contribution < -0.4 is 5.32 Å². The minimum atomic E-state index is -0.318. The summed E-state index contributed by atoms with van der Waals surface area (Å²) in [6, 6.07) is 19.4. The fraction of sp³-hybridized carbons (Fsp3) is 0.174. The molecule has 4 rings (SSSR count). The largest absolute Gasteiger partial charge is 0.467 e. The first-order chi connectivity index (χ1) is 15.1. The van der Waals surface area contributed by atoms with Gasteiger partial charge in [-0.25, -0.2) is 4.39 Å². The van der Waals surface area contributed by atoms with E-state index in [9.17, 15) is 9.18 Å². The van der Waals surface area contributed by atoms with E-state index < -0.39 is 0 Å². The molecule has 0 aliphatic heterocycles. The molecule has 0 aliphatic rings. The van der Waals surface area contributed by atoms with E-state index in [2.05, 4.69) is 15.5 Å². The third-order valence-corrected chi connectivity index (χ3v) is 5.60. The molecule has 1 atom stereocenters. The Kier molecular flexibility index (Phi) is 6.47. The maximum atomic E-state index is 13.5. The van der Waals surface area contributed by atoms with Gasteiger partial charge in [0, 0.05) is 12.1 Å². The van der Waals surface area contributed by atoms with Crippen LogP contribution in [-0.2, 0) is 11.2 Å². The zero-order valence-corrected chi connectivity index (χ0v) is 17.7. The summed E-state index contributed by atoms with van der Waals surface area (Å²) in [7, 11) is 0. The number of carbonyl (C=O) groups excluding carboxylic acids is 1. The van der Waals surface area contributed by atoms with E-state index >= 15 is 0 Å². The second kappa shape index (κ2) is 9.61. The zero-order chi connectivity index (χ0) is 21.6. The number of halogens is 1. The number of furan rings is 1. The molecule has 0 unspecified atom stereocenters. The van der Waals surface area contributed by atoms with Crippen LogP contribution in [0.2, 0.25) is 0 Å². The number of nitrogens with zero attached hydrogens (tertiary/aromatic N) is 3. The lowest BCUT2D eigenvalue weighted by atomic mass is 10.1. The van der Waals surface area contributed by atoms with Crippen molar-refractivity contribution in [1.29, 1.82) is 0 Å². The minimum absolute atomic E-state index is 0.146. The molecule has 0 fully saturated rings. The molecule has 0 saturated carbocycles. The van der Waals surface area contributed by atoms with Gasteiger partial charge in [0.25, 0.3) is 0 Å². The highest BCUT2D eigenvalue weighted by Gasteiger charge is 2.18. The highest BCUT2D eigenvalue weighted by Crippen LogP contribution is 2.24. The third-order valence-electron chi connectivity index (χ3n) is 4.67. The van der Waals surface area contributed by atoms with Crippen molar-refractivity contribution in [3.63, 3.8) is 0 Å². The number of amides is 1. The molecule has 6 nitrogen and oxygen atoms in total. The number of rotatable bonds is 8. The number of hydrogen-bond donors (Lipinski definition) is 1. The van der Waals surface area contributed by atoms with Crippen molar-refractivity contribution >= 4 is 17.7 Å². The number of aromatic nitrogens is 3. The Morgan fingerprint density at radius 1 is 1.10 bits per heavy atom. The van der Waals surface area contributed by atoms with Crippen molar-refractivity contribution in [2.75, 3.05) is 5.75 Å². The summed E-state index contributed by atoms with van der Waals surface area (Å²) in [4.78, 5) is 12.4. The van der Waals surface area contributed by atoms with E-state index in [1.54, 1.807) is 24.5 Å². The van der Waals surface area contributed by atoms with Gasteiger partial charge in [-0.1, -0.05) is 42.1 Å². The fourth-order valence-electron chi connectivity index (χ4n) is 3.16. The molecule has 2 heterocycles. The predicted octanol–water partition coefficient (Wildman–Crippen LogP) is 4.56. The monoisotopic (exact) mass is 436 g/mol. The van der Waals surface area contributed by atoms with Gasteiger partial charge in [-0.15, -0.1) is 10.2 Å². The molecule has 0 radical (unpaired) electrons. The Labute approximate surface area is 183 Å². The average Bonchev–Trinajstić information content (AvgIpc) is 3.44. The van der Waals surface area contributed by atoms with Gasteiger partial charge in [0.2, 0.25) is 5.91 Å². The molecule has 2 aromatic carbocycles. The lowest BCUT2D eigenvalue weighted by Gasteiger charge is -2.12. The van der Waals surface area contributed by atoms with Crippen molar-refractivity contribution in [3.05, 3.63) is 96.0 Å². The van der Waals surface area contributed by atoms with Crippen LogP contribution in [0.25, 0.3) is 5.69 Å². The van der Waals surface area contributed by atoms with Gasteiger partial charge >= 0.3 is 0 Å². The van der Waals surface area contributed by atoms with Gasteiger partial charge in [-0.3, -0.25) is 9.36 Å². The summed E-state index contributed by atoms with van der Waals surface area (Å²) in [6.07, 6.45) is 2.14. The molecule has 1 amide bonds. The highest BCUT2D eigenvalue weighted by atomic mass is 32.2. The van der Waals surface area contributed by atoms with E-state index in [1.165, 1.54) is 23.9 Å². The minimum Gasteiger partial charge on any atom is -0.467 e. The molecule has 158 valence electrons. The molecule has 0 aliphatic carbocycles. The Balaban J connectivity index is 1.52. The van der Waals surface area contributed by atoms with Gasteiger partial charge in [0.1, 0.15) is 17.4 Å². The van der Waals surface area contributed by atoms with Gasteiger partial charge < -0.3 is 9.73 Å². The number of thioether (sulfide) groups is 1. The van der Waals surface area contributed by atoms with Crippen LogP contribution in [0.5, 0.6) is 0 Å². The quantitative estimate of drug-likeness (QED) is 0.410. The average molecular weight is 437 g/mol. The Morgan fingerprint density at radius 2 is 1.87 bits per heavy atom. The first kappa shape index (κ1) is 20.9. The number of carbonyl (C=O) groups is 1. The van der Waals surface area contributed by atoms with E-state index in [4.69, 9.17) is 4.42 Å². The summed E-state index contributed by atoms with van der Waals surface area (Å²) in [5.41, 5.74) is 1.82. The van der Waals surface area contributed by atoms with Gasteiger partial charge in [-0.05, 0) is 48.9 Å². The maximum Gasteiger partial charge on any atom is 0.231 e. The second-order valence-electron chi connectivity index (χ2n) is 6.97. The number of hydrogen-bond acceptors (Lipinski definition) is 5. The maximum absolute atomic E-state index is 13.5. The molecule has 4 aromatic rings. The highest BCUT2D eigenvalue weighted by molar-refractivity contribution is 7.99. The standard InChI is InChI=1S/C23H21FN4O2S/c1-16(20-8-5-13-30-20)25-22(29)15-31-23-27-26-21(14-17-6-3-2-4-7-17)28(23)19-11-9-18(24)10-12-19/h2-13,16H,14-15H2,1H3,(H,25,29)/t16-/m0/s1. The molecule has 0 spiro atoms. The van der Waals surface area contributed by atoms with Crippen LogP contribution in [-0.4, -0.2) is 26.4 Å². The Morgan fingerprint density at radius 3 is 2.58 bits per heavy atom. The van der Waals surface area contributed by atoms with Crippen molar-refractivity contribution < 1.29 is 13.6 Å². The molecular formula is C23H21FN4O2S. The summed E-state index contributed by atoms with van der Waals surface area (Å²) >= 11 is 1.28. The Hall–Kier alpha value is -3.39. The third kappa shape index (κ3) is 5.21. The number of benzene rings is 2. The normalized spacial score (nSPS) is 11.9. The fourth-order valence-corrected chi connectivity index (χ4v) is 3.94. The summed E-state index contributed by atoms with van der Waals surface area (Å²) in [5, 5.41) is 12.1. The van der Waals surface area contributed by atoms with E-state index in [-0.39, 0.29) is 23.5 Å². The lowest BCUT2D eigenvalue weighted by Crippen LogP contribution is -2.28. The van der Waals surface area contributed by atoms with Crippen LogP contribution in [0.1, 0.15) is 30.1 Å². The molecular weight excluding hydrogens is 415 g/mol. The summed E-state index contributed by atoms with van der Waals surface area (Å²) in [5.74, 6) is 1.10. The van der Waals surface area contributed by atoms with E-state index in [1.807, 2.05) is 47.9 Å². The van der Waals surface area contributed by atoms with Crippen molar-refractivity contribution in [2.24, 2.45) is 0 Å². The molecule has 8 heteroatoms. The number of nitrogens with one attached hydrogen (secondary N) is 1. The van der Waals surface area contributed by atoms with E-state index in [0.29, 0.717) is 23.2 Å². The van der Waals surface area contributed by atoms with Crippen LogP contribution >= 0.6 is 11.8 Å². The van der Waals surface area contributed by atoms with Crippen molar-refractivity contribution in [1.82, 2.24) is 20.1 Å². The van der Waals surface area contributed by atoms with Crippen LogP contribution in [0.15, 0.2) is 82.6 Å². The molecule has 31 heavy (non-hydrogen) atoms. The molecule has 2 aromatic heterocycles. The van der Waals surface area contributed by atoms with Crippen LogP contribution in [0.4, 0.5) is 4.39 Å². The Bertz CT molecular complexity index is 1130. The van der Waals surface area contributed by atoms with Crippen molar-refractivity contribution in [2.45, 2.75) is 24.5 Å². The van der Waals surface area contributed by atoms with Crippen molar-refractivity contribution in [3.8, 4) is 5.69 Å². The van der Waals surface area contributed by atoms with Gasteiger partial charge in [0.05, 0.1) is 18.1 Å². The summed E-state index contributed by atoms with van der Waals surface area (Å²) < 4.78 is 20.7. The first-order valence-electron chi connectivity index (χ1n) is 9.80. The first-order valence-corrected chi connectivity index (χ1v) is 10.8. The zero-order valence-electron chi connectivity index (χ0n) is 16.9. The van der Waals surface area contributed by atoms with E-state index in [0.717, 1.165) is 11.3 Å². The lowest BCUT2D eigenvalue weighted by molar-refractivity contribution is -0.119. The molecule has 0 saturated heterocycles. The molecule has 1 N–H and O–H groups in total. The SMILES string of the molecule is C[C@H](NC(=O)CSc1nnc(Cc2ccccc2)n1-c1ccc(F)cc1)c1ccco1. The molecule has 0 bridgehead atoms. The summed E-state index contributed by atoms with van der Waals surface area (Å²) in [6.45, 7) is 1.86. The van der Waals surface area contributed by atoms with Gasteiger partial charge in [-0.2, -0.15) is 0 Å². The van der Waals surface area contributed by atoms with Crippen LogP contribution in [0.3, 0.4) is 0 Å². The second-order valence-corrected chi connectivity index (χ2v) is 7.91. The van der Waals surface area contributed by atoms with Gasteiger partial charge in [0.15, 0.2) is 5.16 Å². The predicted molar refractivity (Wildman–Crippen MR) is 117 cm³/mol. The smallest absolute Gasteiger partial charge is 0.231 e. The van der Waals surface area contributed by atoms with Crippen LogP contribution in [0, 0.1) is 5.82 Å².